The fourth-order valence-corrected chi connectivity index (χ4v) is 2.29. The average Bonchev–Trinajstić information content (AvgIpc) is 3.07. The van der Waals surface area contributed by atoms with E-state index in [1.165, 1.54) is 17.7 Å². The van der Waals surface area contributed by atoms with Gasteiger partial charge in [-0.25, -0.2) is 14.8 Å². The van der Waals surface area contributed by atoms with E-state index in [1.54, 1.807) is 13.0 Å². The van der Waals surface area contributed by atoms with Crippen molar-refractivity contribution >= 4 is 17.3 Å². The summed E-state index contributed by atoms with van der Waals surface area (Å²) in [5, 5.41) is 11.0. The van der Waals surface area contributed by atoms with Gasteiger partial charge in [0.05, 0.1) is 10.6 Å². The third-order valence-corrected chi connectivity index (χ3v) is 3.37. The van der Waals surface area contributed by atoms with Gasteiger partial charge in [-0.2, -0.15) is 0 Å². The van der Waals surface area contributed by atoms with Crippen molar-refractivity contribution in [2.24, 2.45) is 0 Å². The molecule has 0 saturated heterocycles. The summed E-state index contributed by atoms with van der Waals surface area (Å²) in [6.07, 6.45) is 1.24. The summed E-state index contributed by atoms with van der Waals surface area (Å²) in [4.78, 5) is 19.9. The number of aryl methyl sites for hydroxylation is 1. The standard InChI is InChI=1S/C12H8N2O4S/c1-6-9(17-5-13-6)10-8(12(15)16)14-11(18-10)7-3-2-4-19-7/h2-5H,1H3,(H,15,16). The zero-order valence-corrected chi connectivity index (χ0v) is 10.6. The highest BCUT2D eigenvalue weighted by molar-refractivity contribution is 7.13. The van der Waals surface area contributed by atoms with Gasteiger partial charge in [-0.15, -0.1) is 11.3 Å². The van der Waals surface area contributed by atoms with Gasteiger partial charge in [-0.3, -0.25) is 0 Å². The van der Waals surface area contributed by atoms with Crippen LogP contribution in [0.2, 0.25) is 0 Å². The van der Waals surface area contributed by atoms with Gasteiger partial charge in [0, 0.05) is 0 Å². The fourth-order valence-electron chi connectivity index (χ4n) is 1.64. The molecular weight excluding hydrogens is 268 g/mol. The van der Waals surface area contributed by atoms with Crippen molar-refractivity contribution in [1.82, 2.24) is 9.97 Å². The molecule has 0 atom stereocenters. The highest BCUT2D eigenvalue weighted by Gasteiger charge is 2.25. The second-order valence-corrected chi connectivity index (χ2v) is 4.69. The Bertz CT molecular complexity index is 727. The van der Waals surface area contributed by atoms with E-state index in [0.29, 0.717) is 5.69 Å². The Labute approximate surface area is 111 Å². The molecule has 19 heavy (non-hydrogen) atoms. The third kappa shape index (κ3) is 1.93. The Kier molecular flexibility index (Phi) is 2.68. The van der Waals surface area contributed by atoms with Crippen LogP contribution in [0.15, 0.2) is 32.7 Å². The van der Waals surface area contributed by atoms with Crippen LogP contribution >= 0.6 is 11.3 Å². The van der Waals surface area contributed by atoms with E-state index in [2.05, 4.69) is 9.97 Å². The third-order valence-electron chi connectivity index (χ3n) is 2.51. The second-order valence-electron chi connectivity index (χ2n) is 3.75. The van der Waals surface area contributed by atoms with Crippen molar-refractivity contribution in [3.05, 3.63) is 35.3 Å². The highest BCUT2D eigenvalue weighted by atomic mass is 32.1. The molecule has 0 aromatic carbocycles. The molecule has 6 nitrogen and oxygen atoms in total. The van der Waals surface area contributed by atoms with Crippen LogP contribution in [0.1, 0.15) is 16.2 Å². The van der Waals surface area contributed by atoms with Crippen LogP contribution in [-0.4, -0.2) is 21.0 Å². The zero-order valence-electron chi connectivity index (χ0n) is 9.78. The number of carboxylic acid groups (broad SMARTS) is 1. The Balaban J connectivity index is 2.19. The van der Waals surface area contributed by atoms with E-state index in [0.717, 1.165) is 4.88 Å². The van der Waals surface area contributed by atoms with Crippen LogP contribution in [0.25, 0.3) is 22.3 Å². The number of hydrogen-bond acceptors (Lipinski definition) is 6. The van der Waals surface area contributed by atoms with Crippen LogP contribution < -0.4 is 0 Å². The molecule has 0 saturated carbocycles. The smallest absolute Gasteiger partial charge is 0.358 e. The van der Waals surface area contributed by atoms with Gasteiger partial charge < -0.3 is 13.9 Å². The summed E-state index contributed by atoms with van der Waals surface area (Å²) < 4.78 is 10.7. The van der Waals surface area contributed by atoms with Crippen LogP contribution in [0.5, 0.6) is 0 Å². The van der Waals surface area contributed by atoms with Crippen molar-refractivity contribution in [3.8, 4) is 22.3 Å². The quantitative estimate of drug-likeness (QED) is 0.790. The fraction of sp³-hybridized carbons (Fsp3) is 0.0833. The molecule has 0 spiro atoms. The summed E-state index contributed by atoms with van der Waals surface area (Å²) in [5.41, 5.74) is 0.375. The minimum absolute atomic E-state index is 0.0888. The van der Waals surface area contributed by atoms with Gasteiger partial charge in [0.1, 0.15) is 0 Å². The maximum atomic E-state index is 11.2. The van der Waals surface area contributed by atoms with Crippen molar-refractivity contribution in [2.75, 3.05) is 0 Å². The average molecular weight is 276 g/mol. The molecule has 0 bridgehead atoms. The van der Waals surface area contributed by atoms with Crippen molar-refractivity contribution in [2.45, 2.75) is 6.92 Å². The summed E-state index contributed by atoms with van der Waals surface area (Å²) >= 11 is 1.42. The molecule has 3 aromatic rings. The molecule has 0 aliphatic rings. The van der Waals surface area contributed by atoms with Crippen molar-refractivity contribution < 1.29 is 18.7 Å². The van der Waals surface area contributed by atoms with Gasteiger partial charge in [0.25, 0.3) is 0 Å². The first-order valence-corrected chi connectivity index (χ1v) is 6.23. The predicted molar refractivity (Wildman–Crippen MR) is 67.0 cm³/mol. The number of oxazole rings is 2. The second kappa shape index (κ2) is 4.36. The molecule has 0 radical (unpaired) electrons. The van der Waals surface area contributed by atoms with E-state index in [4.69, 9.17) is 8.83 Å². The van der Waals surface area contributed by atoms with Crippen LogP contribution in [0, 0.1) is 6.92 Å². The summed E-state index contributed by atoms with van der Waals surface area (Å²) in [6, 6.07) is 3.64. The number of aromatic carboxylic acids is 1. The molecular formula is C12H8N2O4S. The minimum atomic E-state index is -1.17. The highest BCUT2D eigenvalue weighted by Crippen LogP contribution is 2.33. The number of aromatic nitrogens is 2. The summed E-state index contributed by atoms with van der Waals surface area (Å²) in [7, 11) is 0. The van der Waals surface area contributed by atoms with Crippen molar-refractivity contribution in [1.29, 1.82) is 0 Å². The van der Waals surface area contributed by atoms with E-state index in [1.807, 2.05) is 11.4 Å². The largest absolute Gasteiger partial charge is 0.476 e. The predicted octanol–water partition coefficient (Wildman–Crippen LogP) is 3.06. The van der Waals surface area contributed by atoms with E-state index in [9.17, 15) is 9.90 Å². The molecule has 3 heterocycles. The van der Waals surface area contributed by atoms with E-state index in [-0.39, 0.29) is 23.1 Å². The van der Waals surface area contributed by atoms with Gasteiger partial charge >= 0.3 is 5.97 Å². The number of rotatable bonds is 3. The first kappa shape index (κ1) is 11.7. The molecule has 3 aromatic heterocycles. The number of thiophene rings is 1. The monoisotopic (exact) mass is 276 g/mol. The molecule has 7 heteroatoms. The molecule has 0 amide bonds. The lowest BCUT2D eigenvalue weighted by atomic mass is 10.2. The lowest BCUT2D eigenvalue weighted by Gasteiger charge is -1.93. The zero-order chi connectivity index (χ0) is 13.4. The first-order valence-electron chi connectivity index (χ1n) is 5.35. The Morgan fingerprint density at radius 3 is 2.84 bits per heavy atom. The maximum Gasteiger partial charge on any atom is 0.358 e. The van der Waals surface area contributed by atoms with Crippen LogP contribution in [0.3, 0.4) is 0 Å². The molecule has 1 N–H and O–H groups in total. The first-order chi connectivity index (χ1) is 9.16. The van der Waals surface area contributed by atoms with Crippen molar-refractivity contribution in [3.63, 3.8) is 0 Å². The lowest BCUT2D eigenvalue weighted by molar-refractivity contribution is 0.0691. The molecule has 3 rings (SSSR count). The van der Waals surface area contributed by atoms with Gasteiger partial charge in [0.15, 0.2) is 17.8 Å². The number of hydrogen-bond donors (Lipinski definition) is 1. The van der Waals surface area contributed by atoms with Gasteiger partial charge in [-0.1, -0.05) is 6.07 Å². The number of carboxylic acids is 1. The van der Waals surface area contributed by atoms with Gasteiger partial charge in [-0.05, 0) is 18.4 Å². The molecule has 0 fully saturated rings. The van der Waals surface area contributed by atoms with Crippen LogP contribution in [-0.2, 0) is 0 Å². The normalized spacial score (nSPS) is 10.8. The van der Waals surface area contributed by atoms with E-state index >= 15 is 0 Å². The Morgan fingerprint density at radius 2 is 2.26 bits per heavy atom. The number of nitrogens with zero attached hydrogens (tertiary/aromatic N) is 2. The molecule has 0 unspecified atom stereocenters. The van der Waals surface area contributed by atoms with Gasteiger partial charge in [0.2, 0.25) is 11.7 Å². The maximum absolute atomic E-state index is 11.2. The number of carbonyl (C=O) groups is 1. The van der Waals surface area contributed by atoms with Crippen LogP contribution in [0.4, 0.5) is 0 Å². The Hall–Kier alpha value is -2.41. The Morgan fingerprint density at radius 1 is 1.42 bits per heavy atom. The topological polar surface area (TPSA) is 89.4 Å². The van der Waals surface area contributed by atoms with E-state index < -0.39 is 5.97 Å². The molecule has 96 valence electrons. The molecule has 0 aliphatic carbocycles. The SMILES string of the molecule is Cc1ncoc1-c1oc(-c2cccs2)nc1C(=O)O. The summed E-state index contributed by atoms with van der Waals surface area (Å²) in [5.74, 6) is -0.533. The lowest BCUT2D eigenvalue weighted by Crippen LogP contribution is -1.98. The minimum Gasteiger partial charge on any atom is -0.476 e. The summed E-state index contributed by atoms with van der Waals surface area (Å²) in [6.45, 7) is 1.71. The molecule has 0 aliphatic heterocycles.